The van der Waals surface area contributed by atoms with E-state index in [0.29, 0.717) is 58.0 Å². The Kier molecular flexibility index (Phi) is 7.08. The minimum Gasteiger partial charge on any atom is -0.349 e. The average molecular weight is 563 g/mol. The van der Waals surface area contributed by atoms with Gasteiger partial charge in [-0.3, -0.25) is 9.79 Å². The highest BCUT2D eigenvalue weighted by Gasteiger charge is 2.45. The molecule has 1 saturated heterocycles. The largest absolute Gasteiger partial charge is 0.349 e. The summed E-state index contributed by atoms with van der Waals surface area (Å²) in [5, 5.41) is 6.60. The summed E-state index contributed by atoms with van der Waals surface area (Å²) in [7, 11) is 3.46. The SMILES string of the molecule is CN(C)C(=O)CCC1(C)CC2=C(c3cnn(C(F)F)c3)[C@H](c3ccc(F)cc3Cl)N=C(c3nccs3)N2C1. The van der Waals surface area contributed by atoms with Gasteiger partial charge in [-0.2, -0.15) is 13.9 Å². The first-order valence-corrected chi connectivity index (χ1v) is 13.3. The van der Waals surface area contributed by atoms with E-state index >= 15 is 0 Å². The molecule has 0 N–H and O–H groups in total. The van der Waals surface area contributed by atoms with Crippen LogP contribution in [0.2, 0.25) is 5.02 Å². The molecule has 5 rings (SSSR count). The topological polar surface area (TPSA) is 66.6 Å². The van der Waals surface area contributed by atoms with E-state index in [1.54, 1.807) is 31.3 Å². The molecule has 1 fully saturated rings. The highest BCUT2D eigenvalue weighted by Crippen LogP contribution is 2.51. The Morgan fingerprint density at radius 2 is 2.13 bits per heavy atom. The predicted octanol–water partition coefficient (Wildman–Crippen LogP) is 6.02. The molecule has 0 spiro atoms. The molecule has 12 heteroatoms. The van der Waals surface area contributed by atoms with Crippen molar-refractivity contribution in [3.63, 3.8) is 0 Å². The summed E-state index contributed by atoms with van der Waals surface area (Å²) in [6, 6.07) is 3.40. The Morgan fingerprint density at radius 3 is 2.76 bits per heavy atom. The van der Waals surface area contributed by atoms with Crippen molar-refractivity contribution in [2.45, 2.75) is 38.8 Å². The van der Waals surface area contributed by atoms with Crippen molar-refractivity contribution in [1.29, 1.82) is 0 Å². The van der Waals surface area contributed by atoms with Gasteiger partial charge in [0.25, 0.3) is 0 Å². The first-order chi connectivity index (χ1) is 18.1. The van der Waals surface area contributed by atoms with Crippen LogP contribution in [0, 0.1) is 11.2 Å². The predicted molar refractivity (Wildman–Crippen MR) is 141 cm³/mol. The lowest BCUT2D eigenvalue weighted by atomic mass is 9.82. The van der Waals surface area contributed by atoms with Gasteiger partial charge < -0.3 is 9.80 Å². The summed E-state index contributed by atoms with van der Waals surface area (Å²) in [6.45, 7) is -0.124. The smallest absolute Gasteiger partial charge is 0.333 e. The maximum absolute atomic E-state index is 14.0. The molecule has 1 unspecified atom stereocenters. The number of alkyl halides is 2. The summed E-state index contributed by atoms with van der Waals surface area (Å²) < 4.78 is 41.6. The summed E-state index contributed by atoms with van der Waals surface area (Å²) in [6.07, 6.45) is 5.96. The molecule has 4 heterocycles. The number of halogens is 4. The van der Waals surface area contributed by atoms with E-state index in [2.05, 4.69) is 21.9 Å². The van der Waals surface area contributed by atoms with Gasteiger partial charge in [0.15, 0.2) is 10.8 Å². The summed E-state index contributed by atoms with van der Waals surface area (Å²) in [5.74, 6) is 0.181. The van der Waals surface area contributed by atoms with Gasteiger partial charge in [0, 0.05) is 66.7 Å². The van der Waals surface area contributed by atoms with Gasteiger partial charge in [0.1, 0.15) is 11.9 Å². The molecule has 0 aliphatic carbocycles. The number of rotatable bonds is 7. The molecule has 200 valence electrons. The number of hydrogen-bond donors (Lipinski definition) is 0. The first-order valence-electron chi connectivity index (χ1n) is 12.0. The molecule has 3 aromatic rings. The van der Waals surface area contributed by atoms with Gasteiger partial charge >= 0.3 is 6.55 Å². The summed E-state index contributed by atoms with van der Waals surface area (Å²) >= 11 is 7.95. The Hall–Kier alpha value is -3.18. The molecular formula is C26H26ClF3N6OS. The van der Waals surface area contributed by atoms with Crippen molar-refractivity contribution in [2.75, 3.05) is 20.6 Å². The summed E-state index contributed by atoms with van der Waals surface area (Å²) in [5.41, 5.74) is 2.28. The van der Waals surface area contributed by atoms with Crippen molar-refractivity contribution in [3.8, 4) is 0 Å². The van der Waals surface area contributed by atoms with E-state index in [-0.39, 0.29) is 16.3 Å². The van der Waals surface area contributed by atoms with Crippen molar-refractivity contribution >= 4 is 40.3 Å². The molecule has 2 aliphatic heterocycles. The number of aliphatic imine (C=N–C) groups is 1. The zero-order valence-electron chi connectivity index (χ0n) is 21.0. The van der Waals surface area contributed by atoms with Crippen LogP contribution in [-0.2, 0) is 4.79 Å². The summed E-state index contributed by atoms with van der Waals surface area (Å²) in [4.78, 5) is 25.6. The Morgan fingerprint density at radius 1 is 1.34 bits per heavy atom. The first kappa shape index (κ1) is 26.4. The number of carbonyl (C=O) groups is 1. The van der Waals surface area contributed by atoms with E-state index in [4.69, 9.17) is 16.6 Å². The zero-order chi connectivity index (χ0) is 27.2. The standard InChI is InChI=1S/C26H26ClF3N6OS/c1-26(7-6-20(37)34(2)3)11-19-21(15-12-32-36(13-15)25(29)30)22(17-5-4-16(28)10-18(17)27)33-23(35(19)14-26)24-31-8-9-38-24/h4-5,8-10,12-13,22,25H,6-7,11,14H2,1-3H3/t22-,26?/m0/s1. The molecule has 0 saturated carbocycles. The number of benzene rings is 1. The number of hydrogen-bond acceptors (Lipinski definition) is 6. The van der Waals surface area contributed by atoms with Crippen LogP contribution in [0.5, 0.6) is 0 Å². The highest BCUT2D eigenvalue weighted by molar-refractivity contribution is 7.11. The number of allylic oxidation sites excluding steroid dienone is 1. The van der Waals surface area contributed by atoms with Gasteiger partial charge in [-0.15, -0.1) is 11.3 Å². The van der Waals surface area contributed by atoms with Gasteiger partial charge in [-0.1, -0.05) is 24.6 Å². The number of aromatic nitrogens is 3. The fourth-order valence-electron chi connectivity index (χ4n) is 5.05. The minimum atomic E-state index is -2.80. The molecule has 2 aromatic heterocycles. The number of amidine groups is 1. The molecule has 2 aliphatic rings. The number of nitrogens with zero attached hydrogens (tertiary/aromatic N) is 6. The fraction of sp³-hybridized carbons (Fsp3) is 0.385. The number of fused-ring (bicyclic) bond motifs is 1. The van der Waals surface area contributed by atoms with Crippen LogP contribution >= 0.6 is 22.9 Å². The van der Waals surface area contributed by atoms with E-state index in [1.165, 1.54) is 35.9 Å². The second-order valence-corrected chi connectivity index (χ2v) is 11.4. The second-order valence-electron chi connectivity index (χ2n) is 10.1. The van der Waals surface area contributed by atoms with Crippen LogP contribution in [0.15, 0.2) is 52.9 Å². The molecule has 1 amide bonds. The van der Waals surface area contributed by atoms with Crippen LogP contribution in [0.3, 0.4) is 0 Å². The van der Waals surface area contributed by atoms with Crippen molar-refractivity contribution in [1.82, 2.24) is 24.6 Å². The number of thiazole rings is 1. The lowest BCUT2D eigenvalue weighted by Crippen LogP contribution is -2.35. The van der Waals surface area contributed by atoms with Crippen molar-refractivity contribution < 1.29 is 18.0 Å². The van der Waals surface area contributed by atoms with E-state index in [9.17, 15) is 18.0 Å². The van der Waals surface area contributed by atoms with Gasteiger partial charge in [-0.25, -0.2) is 14.1 Å². The van der Waals surface area contributed by atoms with Gasteiger partial charge in [0.2, 0.25) is 5.91 Å². The van der Waals surface area contributed by atoms with Crippen LogP contribution in [-0.4, -0.2) is 56.9 Å². The molecule has 0 bridgehead atoms. The molecule has 38 heavy (non-hydrogen) atoms. The van der Waals surface area contributed by atoms with Crippen LogP contribution in [0.25, 0.3) is 5.57 Å². The Balaban J connectivity index is 1.67. The van der Waals surface area contributed by atoms with Crippen molar-refractivity contribution in [2.24, 2.45) is 10.4 Å². The minimum absolute atomic E-state index is 0.0355. The molecule has 2 atom stereocenters. The van der Waals surface area contributed by atoms with Crippen LogP contribution in [0.4, 0.5) is 13.2 Å². The van der Waals surface area contributed by atoms with Crippen molar-refractivity contribution in [3.05, 3.63) is 74.8 Å². The third-order valence-electron chi connectivity index (χ3n) is 6.99. The second kappa shape index (κ2) is 10.2. The Labute approximate surface area is 227 Å². The number of amides is 1. The van der Waals surface area contributed by atoms with E-state index in [1.807, 2.05) is 5.38 Å². The lowest BCUT2D eigenvalue weighted by molar-refractivity contribution is -0.129. The van der Waals surface area contributed by atoms with Crippen LogP contribution in [0.1, 0.15) is 54.9 Å². The van der Waals surface area contributed by atoms with Crippen LogP contribution < -0.4 is 0 Å². The molecule has 7 nitrogen and oxygen atoms in total. The van der Waals surface area contributed by atoms with Gasteiger partial charge in [-0.05, 0) is 36.0 Å². The highest BCUT2D eigenvalue weighted by atomic mass is 35.5. The van der Waals surface area contributed by atoms with E-state index < -0.39 is 18.4 Å². The third-order valence-corrected chi connectivity index (χ3v) is 8.08. The molecule has 0 radical (unpaired) electrons. The fourth-order valence-corrected chi connectivity index (χ4v) is 5.96. The lowest BCUT2D eigenvalue weighted by Gasteiger charge is -2.33. The molecule has 1 aromatic carbocycles. The normalized spacial score (nSPS) is 21.2. The maximum Gasteiger partial charge on any atom is 0.333 e. The third kappa shape index (κ3) is 4.96. The number of carbonyl (C=O) groups excluding carboxylic acids is 1. The zero-order valence-corrected chi connectivity index (χ0v) is 22.6. The monoisotopic (exact) mass is 562 g/mol. The van der Waals surface area contributed by atoms with Gasteiger partial charge in [0.05, 0.1) is 6.20 Å². The van der Waals surface area contributed by atoms with E-state index in [0.717, 1.165) is 5.70 Å². The molecular weight excluding hydrogens is 537 g/mol. The maximum atomic E-state index is 14.0. The quantitative estimate of drug-likeness (QED) is 0.353. The average Bonchev–Trinajstić information content (AvgIpc) is 3.61. The Bertz CT molecular complexity index is 1420.